The van der Waals surface area contributed by atoms with Crippen LogP contribution in [-0.2, 0) is 10.0 Å². The lowest BCUT2D eigenvalue weighted by Gasteiger charge is -2.27. The maximum absolute atomic E-state index is 12.2. The van der Waals surface area contributed by atoms with E-state index in [1.165, 1.54) is 12.1 Å². The number of halogens is 4. The first-order valence-electron chi connectivity index (χ1n) is 7.28. The standard InChI is InChI=1S/C14H21Cl2N3O2S.2ClH/c1-11-13(15)9-12(10-14(11)16)22(20,21)18-3-2-6-19-7-4-17-5-8-19;;/h9-10,17-18H,2-8H2,1H3;2*1H. The number of rotatable bonds is 6. The number of sulfonamides is 1. The van der Waals surface area contributed by atoms with E-state index in [0.717, 1.165) is 39.1 Å². The summed E-state index contributed by atoms with van der Waals surface area (Å²) in [6.45, 7) is 7.04. The van der Waals surface area contributed by atoms with E-state index in [9.17, 15) is 8.42 Å². The normalized spacial score (nSPS) is 15.5. The second kappa shape index (κ2) is 11.0. The molecular formula is C14H23Cl4N3O2S. The van der Waals surface area contributed by atoms with Crippen LogP contribution < -0.4 is 10.0 Å². The molecule has 0 aliphatic carbocycles. The summed E-state index contributed by atoms with van der Waals surface area (Å²) < 4.78 is 27.1. The molecule has 0 aromatic heterocycles. The van der Waals surface area contributed by atoms with Gasteiger partial charge in [0.2, 0.25) is 10.0 Å². The first-order chi connectivity index (χ1) is 10.4. The number of hydrogen-bond donors (Lipinski definition) is 2. The quantitative estimate of drug-likeness (QED) is 0.670. The van der Waals surface area contributed by atoms with Gasteiger partial charge >= 0.3 is 0 Å². The minimum Gasteiger partial charge on any atom is -0.314 e. The zero-order chi connectivity index (χ0) is 16.2. The van der Waals surface area contributed by atoms with Crippen LogP contribution >= 0.6 is 48.0 Å². The smallest absolute Gasteiger partial charge is 0.240 e. The Morgan fingerprint density at radius 1 is 1.17 bits per heavy atom. The topological polar surface area (TPSA) is 61.4 Å². The molecule has 1 saturated heterocycles. The summed E-state index contributed by atoms with van der Waals surface area (Å²) in [6.07, 6.45) is 0.770. The van der Waals surface area contributed by atoms with Crippen molar-refractivity contribution in [1.29, 1.82) is 0 Å². The molecular weight excluding hydrogens is 416 g/mol. The zero-order valence-corrected chi connectivity index (χ0v) is 17.3. The average Bonchev–Trinajstić information content (AvgIpc) is 2.50. The summed E-state index contributed by atoms with van der Waals surface area (Å²) >= 11 is 12.0. The van der Waals surface area contributed by atoms with Gasteiger partial charge in [0, 0.05) is 42.8 Å². The molecule has 2 N–H and O–H groups in total. The molecule has 0 unspecified atom stereocenters. The van der Waals surface area contributed by atoms with Gasteiger partial charge in [-0.1, -0.05) is 23.2 Å². The van der Waals surface area contributed by atoms with Crippen LogP contribution in [0.4, 0.5) is 0 Å². The molecule has 1 aromatic rings. The third-order valence-electron chi connectivity index (χ3n) is 3.72. The minimum absolute atomic E-state index is 0. The van der Waals surface area contributed by atoms with E-state index in [0.29, 0.717) is 22.2 Å². The Hall–Kier alpha value is 0.210. The number of nitrogens with one attached hydrogen (secondary N) is 2. The minimum atomic E-state index is -3.57. The molecule has 2 rings (SSSR count). The van der Waals surface area contributed by atoms with Gasteiger partial charge in [-0.25, -0.2) is 13.1 Å². The zero-order valence-electron chi connectivity index (χ0n) is 13.3. The molecule has 140 valence electrons. The molecule has 1 aromatic carbocycles. The van der Waals surface area contributed by atoms with Crippen molar-refractivity contribution in [3.8, 4) is 0 Å². The highest BCUT2D eigenvalue weighted by molar-refractivity contribution is 7.89. The summed E-state index contributed by atoms with van der Waals surface area (Å²) in [7, 11) is -3.57. The predicted octanol–water partition coefficient (Wildman–Crippen LogP) is 2.72. The van der Waals surface area contributed by atoms with Crippen molar-refractivity contribution >= 4 is 58.0 Å². The van der Waals surface area contributed by atoms with Gasteiger partial charge in [-0.15, -0.1) is 24.8 Å². The Bertz CT molecular complexity index is 599. The molecule has 0 spiro atoms. The van der Waals surface area contributed by atoms with Gasteiger partial charge in [-0.05, 0) is 37.6 Å². The highest BCUT2D eigenvalue weighted by atomic mass is 35.5. The second-order valence-electron chi connectivity index (χ2n) is 5.35. The van der Waals surface area contributed by atoms with Crippen LogP contribution in [0.2, 0.25) is 10.0 Å². The molecule has 0 amide bonds. The van der Waals surface area contributed by atoms with Gasteiger partial charge in [0.15, 0.2) is 0 Å². The summed E-state index contributed by atoms with van der Waals surface area (Å²) in [5.41, 5.74) is 0.681. The van der Waals surface area contributed by atoms with Crippen molar-refractivity contribution in [3.63, 3.8) is 0 Å². The summed E-state index contributed by atoms with van der Waals surface area (Å²) in [4.78, 5) is 2.43. The fourth-order valence-electron chi connectivity index (χ4n) is 2.30. The third-order valence-corrected chi connectivity index (χ3v) is 5.94. The van der Waals surface area contributed by atoms with Crippen LogP contribution in [0, 0.1) is 6.92 Å². The summed E-state index contributed by atoms with van der Waals surface area (Å²) in [5, 5.41) is 4.00. The third kappa shape index (κ3) is 6.84. The largest absolute Gasteiger partial charge is 0.314 e. The Kier molecular flexibility index (Phi) is 11.1. The van der Waals surface area contributed by atoms with Gasteiger partial charge < -0.3 is 10.2 Å². The highest BCUT2D eigenvalue weighted by Gasteiger charge is 2.17. The van der Waals surface area contributed by atoms with Crippen LogP contribution in [0.25, 0.3) is 0 Å². The molecule has 10 heteroatoms. The molecule has 1 heterocycles. The van der Waals surface area contributed by atoms with E-state index in [2.05, 4.69) is 14.9 Å². The lowest BCUT2D eigenvalue weighted by Crippen LogP contribution is -2.44. The van der Waals surface area contributed by atoms with Crippen LogP contribution in [0.15, 0.2) is 17.0 Å². The maximum Gasteiger partial charge on any atom is 0.240 e. The molecule has 0 radical (unpaired) electrons. The summed E-state index contributed by atoms with van der Waals surface area (Å²) in [5.74, 6) is 0. The molecule has 0 bridgehead atoms. The molecule has 24 heavy (non-hydrogen) atoms. The SMILES string of the molecule is Cc1c(Cl)cc(S(=O)(=O)NCCCN2CCNCC2)cc1Cl.Cl.Cl. The van der Waals surface area contributed by atoms with E-state index < -0.39 is 10.0 Å². The van der Waals surface area contributed by atoms with Crippen molar-refractivity contribution in [2.75, 3.05) is 39.3 Å². The van der Waals surface area contributed by atoms with Crippen molar-refractivity contribution in [1.82, 2.24) is 14.9 Å². The summed E-state index contributed by atoms with van der Waals surface area (Å²) in [6, 6.07) is 2.86. The lowest BCUT2D eigenvalue weighted by molar-refractivity contribution is 0.239. The average molecular weight is 439 g/mol. The molecule has 1 aliphatic heterocycles. The Labute approximate surface area is 166 Å². The fraction of sp³-hybridized carbons (Fsp3) is 0.571. The Morgan fingerprint density at radius 2 is 1.71 bits per heavy atom. The second-order valence-corrected chi connectivity index (χ2v) is 7.94. The van der Waals surface area contributed by atoms with Gasteiger partial charge in [0.25, 0.3) is 0 Å². The predicted molar refractivity (Wildman–Crippen MR) is 105 cm³/mol. The molecule has 0 saturated carbocycles. The maximum atomic E-state index is 12.2. The van der Waals surface area contributed by atoms with Gasteiger partial charge in [-0.2, -0.15) is 0 Å². The van der Waals surface area contributed by atoms with Crippen molar-refractivity contribution in [2.45, 2.75) is 18.2 Å². The molecule has 5 nitrogen and oxygen atoms in total. The van der Waals surface area contributed by atoms with E-state index in [4.69, 9.17) is 23.2 Å². The van der Waals surface area contributed by atoms with E-state index in [-0.39, 0.29) is 29.7 Å². The van der Waals surface area contributed by atoms with Crippen molar-refractivity contribution in [2.24, 2.45) is 0 Å². The van der Waals surface area contributed by atoms with Gasteiger partial charge in [0.05, 0.1) is 4.90 Å². The number of hydrogen-bond acceptors (Lipinski definition) is 4. The van der Waals surface area contributed by atoms with E-state index >= 15 is 0 Å². The van der Waals surface area contributed by atoms with Crippen molar-refractivity contribution in [3.05, 3.63) is 27.7 Å². The molecule has 1 aliphatic rings. The van der Waals surface area contributed by atoms with E-state index in [1.54, 1.807) is 6.92 Å². The number of benzene rings is 1. The molecule has 0 atom stereocenters. The van der Waals surface area contributed by atoms with Crippen LogP contribution in [0.1, 0.15) is 12.0 Å². The van der Waals surface area contributed by atoms with Crippen LogP contribution in [0.3, 0.4) is 0 Å². The van der Waals surface area contributed by atoms with Crippen molar-refractivity contribution < 1.29 is 8.42 Å². The Morgan fingerprint density at radius 3 is 2.25 bits per heavy atom. The lowest BCUT2D eigenvalue weighted by atomic mass is 10.2. The van der Waals surface area contributed by atoms with Gasteiger partial charge in [-0.3, -0.25) is 0 Å². The van der Waals surface area contributed by atoms with Crippen LogP contribution in [0.5, 0.6) is 0 Å². The Balaban J connectivity index is 0.00000264. The monoisotopic (exact) mass is 437 g/mol. The molecule has 1 fully saturated rings. The number of piperazine rings is 1. The number of nitrogens with zero attached hydrogens (tertiary/aromatic N) is 1. The van der Waals surface area contributed by atoms with Gasteiger partial charge in [0.1, 0.15) is 0 Å². The van der Waals surface area contributed by atoms with Crippen LogP contribution in [-0.4, -0.2) is 52.6 Å². The first kappa shape index (κ1) is 24.2. The highest BCUT2D eigenvalue weighted by Crippen LogP contribution is 2.27. The van der Waals surface area contributed by atoms with E-state index in [1.807, 2.05) is 0 Å². The first-order valence-corrected chi connectivity index (χ1v) is 9.52. The fourth-order valence-corrected chi connectivity index (χ4v) is 4.05.